The van der Waals surface area contributed by atoms with E-state index in [2.05, 4.69) is 62.7 Å². The van der Waals surface area contributed by atoms with E-state index in [0.29, 0.717) is 11.8 Å². The summed E-state index contributed by atoms with van der Waals surface area (Å²) in [6.45, 7) is 11.2. The van der Waals surface area contributed by atoms with Gasteiger partial charge in [-0.1, -0.05) is 56.6 Å². The highest BCUT2D eigenvalue weighted by molar-refractivity contribution is 9.10. The molecule has 0 fully saturated rings. The Morgan fingerprint density at radius 3 is 2.24 bits per heavy atom. The Morgan fingerprint density at radius 1 is 1.24 bits per heavy atom. The van der Waals surface area contributed by atoms with Gasteiger partial charge in [0.2, 0.25) is 0 Å². The van der Waals surface area contributed by atoms with Crippen molar-refractivity contribution < 1.29 is 0 Å². The molecule has 0 N–H and O–H groups in total. The van der Waals surface area contributed by atoms with Crippen LogP contribution >= 0.6 is 27.5 Å². The number of hydrogen-bond acceptors (Lipinski definition) is 0. The van der Waals surface area contributed by atoms with Gasteiger partial charge in [0.25, 0.3) is 0 Å². The maximum atomic E-state index is 6.09. The zero-order chi connectivity index (χ0) is 13.2. The van der Waals surface area contributed by atoms with E-state index in [4.69, 9.17) is 11.6 Å². The van der Waals surface area contributed by atoms with E-state index in [9.17, 15) is 0 Å². The third-order valence-corrected chi connectivity index (χ3v) is 3.91. The summed E-state index contributed by atoms with van der Waals surface area (Å²) in [5, 5.41) is 0. The van der Waals surface area contributed by atoms with Gasteiger partial charge in [-0.25, -0.2) is 0 Å². The van der Waals surface area contributed by atoms with Crippen LogP contribution in [0.4, 0.5) is 0 Å². The summed E-state index contributed by atoms with van der Waals surface area (Å²) in [4.78, 5) is 0. The molecule has 2 heteroatoms. The minimum atomic E-state index is 0.166. The summed E-state index contributed by atoms with van der Waals surface area (Å²) < 4.78 is 1.20. The Morgan fingerprint density at radius 2 is 1.82 bits per heavy atom. The largest absolute Gasteiger partial charge is 0.122 e. The normalized spacial score (nSPS) is 12.2. The molecule has 0 unspecified atom stereocenters. The molecule has 0 nitrogen and oxygen atoms in total. The van der Waals surface area contributed by atoms with Crippen LogP contribution in [0.3, 0.4) is 0 Å². The summed E-state index contributed by atoms with van der Waals surface area (Å²) in [5.74, 6) is 1.23. The highest BCUT2D eigenvalue weighted by Gasteiger charge is 2.18. The molecule has 0 aliphatic carbocycles. The van der Waals surface area contributed by atoms with Gasteiger partial charge < -0.3 is 0 Å². The second kappa shape index (κ2) is 5.75. The third-order valence-electron chi connectivity index (χ3n) is 2.91. The second-order valence-electron chi connectivity index (χ2n) is 6.08. The molecule has 0 radical (unpaired) electrons. The minimum Gasteiger partial charge on any atom is -0.122 e. The van der Waals surface area contributed by atoms with Crippen molar-refractivity contribution in [1.29, 1.82) is 0 Å². The Balaban J connectivity index is 3.26. The Labute approximate surface area is 119 Å². The Hall–Kier alpha value is -0.0100. The van der Waals surface area contributed by atoms with Crippen molar-refractivity contribution >= 4 is 27.5 Å². The molecular formula is C15H22BrCl. The number of hydrogen-bond donors (Lipinski definition) is 0. The van der Waals surface area contributed by atoms with Crippen LogP contribution < -0.4 is 0 Å². The van der Waals surface area contributed by atoms with Crippen LogP contribution in [0.5, 0.6) is 0 Å². The molecule has 0 saturated carbocycles. The molecule has 0 spiro atoms. The average Bonchev–Trinajstić information content (AvgIpc) is 2.18. The van der Waals surface area contributed by atoms with Crippen LogP contribution in [0.25, 0.3) is 0 Å². The van der Waals surface area contributed by atoms with E-state index in [0.717, 1.165) is 6.42 Å². The number of halogens is 2. The van der Waals surface area contributed by atoms with Crippen LogP contribution in [-0.2, 0) is 17.7 Å². The molecule has 0 bridgehead atoms. The van der Waals surface area contributed by atoms with Gasteiger partial charge in [-0.15, -0.1) is 11.6 Å². The fourth-order valence-electron chi connectivity index (χ4n) is 1.88. The van der Waals surface area contributed by atoms with Gasteiger partial charge in [0.15, 0.2) is 0 Å². The molecule has 96 valence electrons. The van der Waals surface area contributed by atoms with Crippen LogP contribution in [0, 0.1) is 5.92 Å². The first-order valence-corrected chi connectivity index (χ1v) is 7.46. The maximum absolute atomic E-state index is 6.09. The van der Waals surface area contributed by atoms with Gasteiger partial charge >= 0.3 is 0 Å². The number of benzene rings is 1. The van der Waals surface area contributed by atoms with E-state index in [1.807, 2.05) is 0 Å². The van der Waals surface area contributed by atoms with Gasteiger partial charge in [0, 0.05) is 10.4 Å². The van der Waals surface area contributed by atoms with Gasteiger partial charge in [-0.3, -0.25) is 0 Å². The lowest BCUT2D eigenvalue weighted by atomic mass is 9.84. The van der Waals surface area contributed by atoms with E-state index in [1.54, 1.807) is 0 Å². The van der Waals surface area contributed by atoms with Gasteiger partial charge in [0.1, 0.15) is 0 Å². The third kappa shape index (κ3) is 3.99. The lowest BCUT2D eigenvalue weighted by Gasteiger charge is -2.22. The van der Waals surface area contributed by atoms with Gasteiger partial charge in [0.05, 0.1) is 0 Å². The van der Waals surface area contributed by atoms with Crippen molar-refractivity contribution in [2.45, 2.75) is 52.3 Å². The Kier molecular flexibility index (Phi) is 5.09. The molecule has 1 aromatic carbocycles. The van der Waals surface area contributed by atoms with Crippen LogP contribution in [0.15, 0.2) is 16.6 Å². The number of rotatable bonds is 3. The Bertz CT molecular complexity index is 389. The van der Waals surface area contributed by atoms with Crippen LogP contribution in [0.1, 0.15) is 51.3 Å². The smallest absolute Gasteiger partial charge is 0.0477 e. The first kappa shape index (κ1) is 15.0. The molecule has 0 aliphatic heterocycles. The average molecular weight is 318 g/mol. The van der Waals surface area contributed by atoms with Gasteiger partial charge in [-0.2, -0.15) is 0 Å². The first-order valence-electron chi connectivity index (χ1n) is 6.13. The first-order chi connectivity index (χ1) is 7.75. The van der Waals surface area contributed by atoms with Crippen molar-refractivity contribution in [2.75, 3.05) is 0 Å². The molecule has 0 heterocycles. The summed E-state index contributed by atoms with van der Waals surface area (Å²) in [6.07, 6.45) is 1.08. The lowest BCUT2D eigenvalue weighted by molar-refractivity contribution is 0.587. The van der Waals surface area contributed by atoms with E-state index < -0.39 is 0 Å². The second-order valence-corrected chi connectivity index (χ2v) is 7.20. The maximum Gasteiger partial charge on any atom is 0.0477 e. The molecule has 0 aromatic heterocycles. The molecule has 0 aliphatic rings. The summed E-state index contributed by atoms with van der Waals surface area (Å²) in [6, 6.07) is 4.50. The van der Waals surface area contributed by atoms with Crippen LogP contribution in [-0.4, -0.2) is 0 Å². The zero-order valence-electron chi connectivity index (χ0n) is 11.4. The lowest BCUT2D eigenvalue weighted by Crippen LogP contribution is -2.13. The quantitative estimate of drug-likeness (QED) is 0.629. The summed E-state index contributed by atoms with van der Waals surface area (Å²) in [7, 11) is 0. The fourth-order valence-corrected chi connectivity index (χ4v) is 2.78. The predicted octanol–water partition coefficient (Wildman–Crippen LogP) is 5.68. The van der Waals surface area contributed by atoms with Crippen LogP contribution in [0.2, 0.25) is 0 Å². The highest BCUT2D eigenvalue weighted by Crippen LogP contribution is 2.32. The summed E-state index contributed by atoms with van der Waals surface area (Å²) >= 11 is 9.79. The molecule has 1 aromatic rings. The fraction of sp³-hybridized carbons (Fsp3) is 0.600. The molecule has 0 saturated heterocycles. The van der Waals surface area contributed by atoms with E-state index in [-0.39, 0.29) is 5.41 Å². The van der Waals surface area contributed by atoms with E-state index >= 15 is 0 Å². The van der Waals surface area contributed by atoms with Gasteiger partial charge in [-0.05, 0) is 40.5 Å². The monoisotopic (exact) mass is 316 g/mol. The predicted molar refractivity (Wildman–Crippen MR) is 80.9 cm³/mol. The SMILES string of the molecule is CC(C)Cc1c(Br)cc(C(C)(C)C)cc1CCl. The summed E-state index contributed by atoms with van der Waals surface area (Å²) in [5.41, 5.74) is 4.13. The van der Waals surface area contributed by atoms with Crippen molar-refractivity contribution in [3.8, 4) is 0 Å². The molecular weight excluding hydrogens is 296 g/mol. The minimum absolute atomic E-state index is 0.166. The van der Waals surface area contributed by atoms with Crippen molar-refractivity contribution in [3.05, 3.63) is 33.3 Å². The molecule has 17 heavy (non-hydrogen) atoms. The highest BCUT2D eigenvalue weighted by atomic mass is 79.9. The van der Waals surface area contributed by atoms with Crippen molar-refractivity contribution in [3.63, 3.8) is 0 Å². The standard InChI is InChI=1S/C15H22BrCl/c1-10(2)6-13-11(9-17)7-12(8-14(13)16)15(3,4)5/h7-8,10H,6,9H2,1-5H3. The zero-order valence-corrected chi connectivity index (χ0v) is 13.7. The number of alkyl halides is 1. The van der Waals surface area contributed by atoms with Crippen molar-refractivity contribution in [1.82, 2.24) is 0 Å². The van der Waals surface area contributed by atoms with E-state index in [1.165, 1.54) is 21.2 Å². The topological polar surface area (TPSA) is 0 Å². The molecule has 0 amide bonds. The molecule has 1 rings (SSSR count). The van der Waals surface area contributed by atoms with Crippen molar-refractivity contribution in [2.24, 2.45) is 5.92 Å². The molecule has 0 atom stereocenters.